The number of unbranched alkanes of at least 4 members (excludes halogenated alkanes) is 38. The molecule has 0 saturated heterocycles. The number of quaternary nitrogens is 1. The number of phosphoric ester groups is 1. The average Bonchev–Trinajstić information content (AvgIpc) is 3.44. The van der Waals surface area contributed by atoms with Crippen LogP contribution in [0.15, 0.2) is 85.1 Å². The van der Waals surface area contributed by atoms with Gasteiger partial charge in [0.25, 0.3) is 0 Å². The first-order valence-electron chi connectivity index (χ1n) is 34.0. The van der Waals surface area contributed by atoms with Crippen LogP contribution in [-0.4, -0.2) is 74.3 Å². The SMILES string of the molecule is CC\C=C/C=C/C=C/C=C\C=C\C=C\CCCCCC(=O)OC(/C=C\CCCCCCCCCCCCC)C(COP(=O)(O)OCC[N+](C)(C)C)NC(=O)CCCCCCCCCCCCCCCCCCCCCCCCCCC. The Bertz CT molecular complexity index is 1660. The Morgan fingerprint density at radius 2 is 0.790 bits per heavy atom. The summed E-state index contributed by atoms with van der Waals surface area (Å²) >= 11 is 0. The van der Waals surface area contributed by atoms with Crippen molar-refractivity contribution in [3.8, 4) is 0 Å². The van der Waals surface area contributed by atoms with Crippen LogP contribution < -0.4 is 5.32 Å². The normalized spacial score (nSPS) is 14.1. The van der Waals surface area contributed by atoms with Crippen LogP contribution in [-0.2, 0) is 27.9 Å². The molecule has 0 aromatic carbocycles. The number of carbonyl (C=O) groups is 2. The fourth-order valence-electron chi connectivity index (χ4n) is 9.80. The second-order valence-corrected chi connectivity index (χ2v) is 25.6. The Hall–Kier alpha value is -2.81. The van der Waals surface area contributed by atoms with Crippen molar-refractivity contribution < 1.29 is 37.3 Å². The maximum Gasteiger partial charge on any atom is 0.472 e. The molecule has 470 valence electrons. The highest BCUT2D eigenvalue weighted by Gasteiger charge is 2.30. The quantitative estimate of drug-likeness (QED) is 0.0156. The summed E-state index contributed by atoms with van der Waals surface area (Å²) in [5.74, 6) is -0.548. The van der Waals surface area contributed by atoms with Gasteiger partial charge in [0.15, 0.2) is 0 Å². The molecule has 9 nitrogen and oxygen atoms in total. The number of amides is 1. The fraction of sp³-hybridized carbons (Fsp3) is 0.775. The molecule has 0 spiro atoms. The minimum atomic E-state index is -4.47. The van der Waals surface area contributed by atoms with Crippen LogP contribution in [0.3, 0.4) is 0 Å². The van der Waals surface area contributed by atoms with E-state index in [0.717, 1.165) is 64.2 Å². The molecule has 0 aliphatic heterocycles. The van der Waals surface area contributed by atoms with Gasteiger partial charge in [0.05, 0.1) is 33.8 Å². The van der Waals surface area contributed by atoms with Crippen molar-refractivity contribution in [1.29, 1.82) is 0 Å². The second-order valence-electron chi connectivity index (χ2n) is 24.1. The largest absolute Gasteiger partial charge is 0.472 e. The minimum absolute atomic E-state index is 0.0306. The van der Waals surface area contributed by atoms with Crippen LogP contribution in [0.1, 0.15) is 303 Å². The van der Waals surface area contributed by atoms with Crippen LogP contribution in [0.2, 0.25) is 0 Å². The molecule has 81 heavy (non-hydrogen) atoms. The van der Waals surface area contributed by atoms with Gasteiger partial charge in [-0.15, -0.1) is 0 Å². The van der Waals surface area contributed by atoms with Gasteiger partial charge >= 0.3 is 13.8 Å². The van der Waals surface area contributed by atoms with Gasteiger partial charge in [-0.2, -0.15) is 0 Å². The molecule has 0 heterocycles. The van der Waals surface area contributed by atoms with Crippen LogP contribution in [0, 0.1) is 0 Å². The van der Waals surface area contributed by atoms with Crippen LogP contribution in [0.5, 0.6) is 0 Å². The highest BCUT2D eigenvalue weighted by Crippen LogP contribution is 2.43. The van der Waals surface area contributed by atoms with E-state index in [9.17, 15) is 19.0 Å². The van der Waals surface area contributed by atoms with Gasteiger partial charge < -0.3 is 19.4 Å². The number of carbonyl (C=O) groups excluding carboxylic acids is 2. The summed E-state index contributed by atoms with van der Waals surface area (Å²) in [5.41, 5.74) is 0. The van der Waals surface area contributed by atoms with E-state index in [0.29, 0.717) is 23.9 Å². The Kier molecular flexibility index (Phi) is 58.2. The zero-order valence-electron chi connectivity index (χ0n) is 53.8. The predicted octanol–water partition coefficient (Wildman–Crippen LogP) is 21.3. The summed E-state index contributed by atoms with van der Waals surface area (Å²) in [6.45, 7) is 6.87. The number of rotatable bonds is 61. The zero-order chi connectivity index (χ0) is 59.3. The third-order valence-electron chi connectivity index (χ3n) is 15.0. The highest BCUT2D eigenvalue weighted by atomic mass is 31.2. The molecule has 0 aromatic heterocycles. The third kappa shape index (κ3) is 61.6. The molecule has 0 aliphatic rings. The Morgan fingerprint density at radius 3 is 1.20 bits per heavy atom. The Morgan fingerprint density at radius 1 is 0.444 bits per heavy atom. The van der Waals surface area contributed by atoms with E-state index in [1.165, 1.54) is 199 Å². The number of hydrogen-bond donors (Lipinski definition) is 2. The highest BCUT2D eigenvalue weighted by molar-refractivity contribution is 7.47. The molecule has 0 saturated carbocycles. The second kappa shape index (κ2) is 60.3. The number of ether oxygens (including phenoxy) is 1. The lowest BCUT2D eigenvalue weighted by molar-refractivity contribution is -0.870. The smallest absolute Gasteiger partial charge is 0.456 e. The number of esters is 1. The maximum absolute atomic E-state index is 13.6. The van der Waals surface area contributed by atoms with Gasteiger partial charge in [0.1, 0.15) is 19.3 Å². The molecular weight excluding hydrogens is 1020 g/mol. The van der Waals surface area contributed by atoms with Gasteiger partial charge in [0, 0.05) is 12.8 Å². The predicted molar refractivity (Wildman–Crippen MR) is 351 cm³/mol. The summed E-state index contributed by atoms with van der Waals surface area (Å²) in [6, 6.07) is -0.870. The van der Waals surface area contributed by atoms with Crippen molar-refractivity contribution in [2.75, 3.05) is 40.9 Å². The van der Waals surface area contributed by atoms with Crippen molar-refractivity contribution in [2.24, 2.45) is 0 Å². The summed E-state index contributed by atoms with van der Waals surface area (Å²) in [6.07, 6.45) is 80.3. The number of likely N-dealkylation sites (N-methyl/N-ethyl adjacent to an activating group) is 1. The lowest BCUT2D eigenvalue weighted by Crippen LogP contribution is -2.47. The van der Waals surface area contributed by atoms with Crippen molar-refractivity contribution in [2.45, 2.75) is 315 Å². The fourth-order valence-corrected chi connectivity index (χ4v) is 10.5. The first kappa shape index (κ1) is 78.2. The van der Waals surface area contributed by atoms with Crippen molar-refractivity contribution >= 4 is 19.7 Å². The van der Waals surface area contributed by atoms with Gasteiger partial charge in [-0.05, 0) is 51.0 Å². The molecule has 0 radical (unpaired) electrons. The number of allylic oxidation sites excluding steroid dienone is 13. The first-order valence-corrected chi connectivity index (χ1v) is 35.5. The lowest BCUT2D eigenvalue weighted by Gasteiger charge is -2.27. The minimum Gasteiger partial charge on any atom is -0.456 e. The van der Waals surface area contributed by atoms with E-state index in [4.69, 9.17) is 13.8 Å². The summed E-state index contributed by atoms with van der Waals surface area (Å²) in [7, 11) is 1.47. The molecule has 2 N–H and O–H groups in total. The van der Waals surface area contributed by atoms with Gasteiger partial charge in [0.2, 0.25) is 5.91 Å². The number of hydrogen-bond acceptors (Lipinski definition) is 6. The van der Waals surface area contributed by atoms with Crippen LogP contribution in [0.4, 0.5) is 0 Å². The summed E-state index contributed by atoms with van der Waals surface area (Å²) in [5, 5.41) is 3.06. The van der Waals surface area contributed by atoms with E-state index < -0.39 is 20.0 Å². The van der Waals surface area contributed by atoms with Crippen molar-refractivity contribution in [3.05, 3.63) is 85.1 Å². The Labute approximate surface area is 501 Å². The van der Waals surface area contributed by atoms with E-state index >= 15 is 0 Å². The van der Waals surface area contributed by atoms with E-state index in [-0.39, 0.29) is 31.5 Å². The lowest BCUT2D eigenvalue weighted by atomic mass is 10.0. The molecular formula is C71H130N2O7P+. The number of nitrogens with zero attached hydrogens (tertiary/aromatic N) is 1. The molecule has 0 aromatic rings. The number of nitrogens with one attached hydrogen (secondary N) is 1. The summed E-state index contributed by atoms with van der Waals surface area (Å²) in [4.78, 5) is 37.8. The number of phosphoric acid groups is 1. The molecule has 3 unspecified atom stereocenters. The van der Waals surface area contributed by atoms with E-state index in [1.54, 1.807) is 0 Å². The molecule has 0 fully saturated rings. The molecule has 0 bridgehead atoms. The third-order valence-corrected chi connectivity index (χ3v) is 16.0. The van der Waals surface area contributed by atoms with Crippen molar-refractivity contribution in [1.82, 2.24) is 5.32 Å². The van der Waals surface area contributed by atoms with Gasteiger partial charge in [-0.1, -0.05) is 324 Å². The molecule has 3 atom stereocenters. The van der Waals surface area contributed by atoms with Crippen LogP contribution >= 0.6 is 7.82 Å². The molecule has 10 heteroatoms. The zero-order valence-corrected chi connectivity index (χ0v) is 54.7. The van der Waals surface area contributed by atoms with Crippen LogP contribution in [0.25, 0.3) is 0 Å². The topological polar surface area (TPSA) is 111 Å². The van der Waals surface area contributed by atoms with E-state index in [2.05, 4.69) is 38.2 Å². The standard InChI is InChI=1S/C71H129N2O7P/c1-7-10-13-16-19-22-25-28-30-32-33-34-35-36-37-38-39-41-42-45-48-51-54-57-60-63-70(74)72-68(67-79-81(76,77)78-66-65-73(4,5)6)69(62-59-56-53-50-47-44-27-24-21-18-15-12-9-3)80-71(75)64-61-58-55-52-49-46-43-40-31-29-26-23-20-17-14-11-8-2/h11,14,17,20,23,26,29,31,40,43,46,49,59,62,68-69H,7-10,12-13,15-16,18-19,21-22,24-25,27-28,30,32-39,41-42,44-45,47-48,50-58,60-61,63-67H2,1-6H3,(H-,72,74,76,77)/p+1/b14-11-,20-17+,26-23+,31-29-,43-40+,49-46+,62-59-. The van der Waals surface area contributed by atoms with E-state index in [1.807, 2.05) is 94.1 Å². The monoisotopic (exact) mass is 1150 g/mol. The molecule has 0 rings (SSSR count). The van der Waals surface area contributed by atoms with Gasteiger partial charge in [-0.25, -0.2) is 4.57 Å². The molecule has 1 amide bonds. The Balaban J connectivity index is 5.16. The van der Waals surface area contributed by atoms with Crippen molar-refractivity contribution in [3.63, 3.8) is 0 Å². The molecule has 0 aliphatic carbocycles. The first-order chi connectivity index (χ1) is 39.4. The van der Waals surface area contributed by atoms with Gasteiger partial charge in [-0.3, -0.25) is 18.6 Å². The average molecular weight is 1150 g/mol. The summed E-state index contributed by atoms with van der Waals surface area (Å²) < 4.78 is 30.7. The maximum atomic E-state index is 13.6.